The molecule has 2 aromatic heterocycles. The molecule has 1 saturated heterocycles. The quantitative estimate of drug-likeness (QED) is 0.895. The van der Waals surface area contributed by atoms with E-state index in [-0.39, 0.29) is 17.7 Å². The van der Waals surface area contributed by atoms with Crippen LogP contribution >= 0.6 is 0 Å². The van der Waals surface area contributed by atoms with Crippen molar-refractivity contribution in [3.8, 4) is 0 Å². The van der Waals surface area contributed by atoms with Crippen LogP contribution < -0.4 is 5.32 Å². The molecular formula is C17H23N5O3. The molecule has 3 rings (SSSR count). The molecule has 8 heteroatoms. The van der Waals surface area contributed by atoms with Gasteiger partial charge in [-0.15, -0.1) is 0 Å². The van der Waals surface area contributed by atoms with Crippen LogP contribution in [0.2, 0.25) is 0 Å². The van der Waals surface area contributed by atoms with Gasteiger partial charge in [0.2, 0.25) is 5.91 Å². The maximum Gasteiger partial charge on any atom is 0.275 e. The molecule has 0 saturated carbocycles. The highest BCUT2D eigenvalue weighted by Crippen LogP contribution is 2.22. The van der Waals surface area contributed by atoms with Gasteiger partial charge < -0.3 is 14.6 Å². The van der Waals surface area contributed by atoms with E-state index < -0.39 is 0 Å². The number of likely N-dealkylation sites (tertiary alicyclic amines) is 1. The van der Waals surface area contributed by atoms with Gasteiger partial charge in [-0.1, -0.05) is 0 Å². The van der Waals surface area contributed by atoms with Crippen LogP contribution in [0.5, 0.6) is 0 Å². The zero-order valence-electron chi connectivity index (χ0n) is 14.6. The normalized spacial score (nSPS) is 17.5. The highest BCUT2D eigenvalue weighted by atomic mass is 16.3. The van der Waals surface area contributed by atoms with Crippen molar-refractivity contribution in [2.75, 3.05) is 18.4 Å². The Balaban J connectivity index is 1.54. The largest absolute Gasteiger partial charge is 0.448 e. The topological polar surface area (TPSA) is 93.3 Å². The Morgan fingerprint density at radius 1 is 1.44 bits per heavy atom. The first-order valence-corrected chi connectivity index (χ1v) is 8.60. The summed E-state index contributed by atoms with van der Waals surface area (Å²) in [6, 6.07) is 1.78. The molecule has 2 aromatic rings. The van der Waals surface area contributed by atoms with Gasteiger partial charge >= 0.3 is 0 Å². The zero-order chi connectivity index (χ0) is 17.8. The van der Waals surface area contributed by atoms with Gasteiger partial charge in [0.1, 0.15) is 6.26 Å². The van der Waals surface area contributed by atoms with Crippen LogP contribution in [0.25, 0.3) is 0 Å². The number of oxazole rings is 1. The fourth-order valence-corrected chi connectivity index (χ4v) is 3.10. The molecule has 1 fully saturated rings. The van der Waals surface area contributed by atoms with Gasteiger partial charge in [0.15, 0.2) is 17.4 Å². The lowest BCUT2D eigenvalue weighted by atomic mass is 9.94. The third-order valence-electron chi connectivity index (χ3n) is 4.35. The smallest absolute Gasteiger partial charge is 0.275 e. The molecule has 134 valence electrons. The van der Waals surface area contributed by atoms with Crippen molar-refractivity contribution in [3.63, 3.8) is 0 Å². The van der Waals surface area contributed by atoms with E-state index in [0.717, 1.165) is 19.4 Å². The number of aromatic nitrogens is 3. The van der Waals surface area contributed by atoms with Crippen molar-refractivity contribution >= 4 is 17.6 Å². The van der Waals surface area contributed by atoms with Crippen LogP contribution in [-0.2, 0) is 11.3 Å². The van der Waals surface area contributed by atoms with E-state index in [0.29, 0.717) is 36.9 Å². The maximum absolute atomic E-state index is 12.5. The first kappa shape index (κ1) is 17.2. The number of aryl methyl sites for hydroxylation is 2. The summed E-state index contributed by atoms with van der Waals surface area (Å²) in [5, 5.41) is 7.07. The minimum atomic E-state index is -0.136. The fraction of sp³-hybridized carbons (Fsp3) is 0.529. The van der Waals surface area contributed by atoms with Gasteiger partial charge in [-0.05, 0) is 25.7 Å². The van der Waals surface area contributed by atoms with Crippen molar-refractivity contribution in [1.82, 2.24) is 19.7 Å². The van der Waals surface area contributed by atoms with Crippen LogP contribution in [0.3, 0.4) is 0 Å². The summed E-state index contributed by atoms with van der Waals surface area (Å²) in [6.45, 7) is 5.70. The molecule has 1 N–H and O–H groups in total. The Bertz CT molecular complexity index is 751. The standard InChI is InChI=1S/C17H23N5O3/c1-3-22-8-6-15(20-22)19-16(23)9-13-5-4-7-21(10-13)17(24)14-11-25-12(2)18-14/h6,8,11,13H,3-5,7,9-10H2,1-2H3,(H,19,20,23). The molecular weight excluding hydrogens is 322 g/mol. The molecule has 0 aromatic carbocycles. The summed E-state index contributed by atoms with van der Waals surface area (Å²) in [5.41, 5.74) is 0.327. The number of carbonyl (C=O) groups is 2. The molecule has 0 aliphatic carbocycles. The number of rotatable bonds is 5. The number of nitrogens with zero attached hydrogens (tertiary/aromatic N) is 4. The summed E-state index contributed by atoms with van der Waals surface area (Å²) in [6.07, 6.45) is 5.40. The summed E-state index contributed by atoms with van der Waals surface area (Å²) in [7, 11) is 0. The van der Waals surface area contributed by atoms with Crippen LogP contribution in [-0.4, -0.2) is 44.6 Å². The second kappa shape index (κ2) is 7.50. The fourth-order valence-electron chi connectivity index (χ4n) is 3.10. The molecule has 0 radical (unpaired) electrons. The average Bonchev–Trinajstić information content (AvgIpc) is 3.23. The second-order valence-electron chi connectivity index (χ2n) is 6.32. The van der Waals surface area contributed by atoms with E-state index in [4.69, 9.17) is 4.42 Å². The van der Waals surface area contributed by atoms with Crippen molar-refractivity contribution in [1.29, 1.82) is 0 Å². The molecule has 2 amide bonds. The Kier molecular flexibility index (Phi) is 5.16. The molecule has 0 spiro atoms. The monoisotopic (exact) mass is 345 g/mol. The predicted octanol–water partition coefficient (Wildman–Crippen LogP) is 2.08. The van der Waals surface area contributed by atoms with E-state index in [2.05, 4.69) is 15.4 Å². The zero-order valence-corrected chi connectivity index (χ0v) is 14.6. The molecule has 8 nitrogen and oxygen atoms in total. The van der Waals surface area contributed by atoms with Crippen molar-refractivity contribution in [2.45, 2.75) is 39.7 Å². The van der Waals surface area contributed by atoms with Gasteiger partial charge in [-0.2, -0.15) is 5.10 Å². The Hall–Kier alpha value is -2.64. The number of nitrogens with one attached hydrogen (secondary N) is 1. The maximum atomic E-state index is 12.5. The van der Waals surface area contributed by atoms with Crippen molar-refractivity contribution in [3.05, 3.63) is 30.1 Å². The SMILES string of the molecule is CCn1ccc(NC(=O)CC2CCCN(C(=O)c3coc(C)n3)C2)n1. The molecule has 1 aliphatic heterocycles. The third kappa shape index (κ3) is 4.26. The summed E-state index contributed by atoms with van der Waals surface area (Å²) < 4.78 is 6.87. The first-order chi connectivity index (χ1) is 12.0. The minimum Gasteiger partial charge on any atom is -0.448 e. The first-order valence-electron chi connectivity index (χ1n) is 8.60. The van der Waals surface area contributed by atoms with E-state index in [9.17, 15) is 9.59 Å². The second-order valence-corrected chi connectivity index (χ2v) is 6.32. The van der Waals surface area contributed by atoms with E-state index in [1.165, 1.54) is 6.26 Å². The Morgan fingerprint density at radius 3 is 2.96 bits per heavy atom. The van der Waals surface area contributed by atoms with Crippen LogP contribution in [0, 0.1) is 12.8 Å². The number of carbonyl (C=O) groups excluding carboxylic acids is 2. The number of anilines is 1. The molecule has 0 bridgehead atoms. The van der Waals surface area contributed by atoms with E-state index in [1.807, 2.05) is 13.1 Å². The molecule has 3 heterocycles. The van der Waals surface area contributed by atoms with E-state index >= 15 is 0 Å². The lowest BCUT2D eigenvalue weighted by Gasteiger charge is -2.31. The number of piperidine rings is 1. The van der Waals surface area contributed by atoms with Crippen molar-refractivity contribution in [2.24, 2.45) is 5.92 Å². The van der Waals surface area contributed by atoms with Crippen molar-refractivity contribution < 1.29 is 14.0 Å². The summed E-state index contributed by atoms with van der Waals surface area (Å²) in [5.74, 6) is 0.969. The molecule has 1 aliphatic rings. The molecule has 1 atom stereocenters. The lowest BCUT2D eigenvalue weighted by molar-refractivity contribution is -0.117. The number of hydrogen-bond acceptors (Lipinski definition) is 5. The van der Waals surface area contributed by atoms with E-state index in [1.54, 1.807) is 22.6 Å². The van der Waals surface area contributed by atoms with Crippen LogP contribution in [0.4, 0.5) is 5.82 Å². The van der Waals surface area contributed by atoms with Gasteiger partial charge in [-0.25, -0.2) is 4.98 Å². The third-order valence-corrected chi connectivity index (χ3v) is 4.35. The average molecular weight is 345 g/mol. The van der Waals surface area contributed by atoms with Crippen LogP contribution in [0.1, 0.15) is 42.6 Å². The summed E-state index contributed by atoms with van der Waals surface area (Å²) in [4.78, 5) is 30.5. The van der Waals surface area contributed by atoms with Gasteiger partial charge in [-0.3, -0.25) is 14.3 Å². The Morgan fingerprint density at radius 2 is 2.28 bits per heavy atom. The molecule has 1 unspecified atom stereocenters. The van der Waals surface area contributed by atoms with Gasteiger partial charge in [0.05, 0.1) is 0 Å². The van der Waals surface area contributed by atoms with Gasteiger partial charge in [0, 0.05) is 45.2 Å². The lowest BCUT2D eigenvalue weighted by Crippen LogP contribution is -2.41. The van der Waals surface area contributed by atoms with Gasteiger partial charge in [0.25, 0.3) is 5.91 Å². The van der Waals surface area contributed by atoms with Crippen LogP contribution in [0.15, 0.2) is 22.9 Å². The predicted molar refractivity (Wildman–Crippen MR) is 91.0 cm³/mol. The Labute approximate surface area is 146 Å². The minimum absolute atomic E-state index is 0.0714. The summed E-state index contributed by atoms with van der Waals surface area (Å²) >= 11 is 0. The highest BCUT2D eigenvalue weighted by molar-refractivity contribution is 5.92. The molecule has 25 heavy (non-hydrogen) atoms. The number of amides is 2. The number of hydrogen-bond donors (Lipinski definition) is 1. The highest BCUT2D eigenvalue weighted by Gasteiger charge is 2.27.